The van der Waals surface area contributed by atoms with E-state index in [2.05, 4.69) is 13.0 Å². The summed E-state index contributed by atoms with van der Waals surface area (Å²) in [6.07, 6.45) is 16.8. The summed E-state index contributed by atoms with van der Waals surface area (Å²) >= 11 is 0. The molecule has 0 spiro atoms. The summed E-state index contributed by atoms with van der Waals surface area (Å²) in [7, 11) is 0. The Kier molecular flexibility index (Phi) is 10.6. The summed E-state index contributed by atoms with van der Waals surface area (Å²) < 4.78 is 11.4. The highest BCUT2D eigenvalue weighted by Crippen LogP contribution is 2.30. The zero-order chi connectivity index (χ0) is 17.0. The fourth-order valence-corrected chi connectivity index (χ4v) is 3.34. The first-order valence-corrected chi connectivity index (χ1v) is 9.84. The van der Waals surface area contributed by atoms with E-state index >= 15 is 0 Å². The molecule has 1 saturated heterocycles. The molecule has 1 aliphatic heterocycles. The van der Waals surface area contributed by atoms with E-state index in [1.165, 1.54) is 70.6 Å². The van der Waals surface area contributed by atoms with E-state index in [0.29, 0.717) is 0 Å². The van der Waals surface area contributed by atoms with Crippen LogP contribution in [0.3, 0.4) is 0 Å². The lowest BCUT2D eigenvalue weighted by Gasteiger charge is -2.16. The number of nitrogens with zero attached hydrogens (tertiary/aromatic N) is 1. The minimum Gasteiger partial charge on any atom is -0.343 e. The molecule has 3 nitrogen and oxygen atoms in total. The molecule has 0 radical (unpaired) electrons. The molecule has 0 amide bonds. The van der Waals surface area contributed by atoms with Crippen molar-refractivity contribution in [2.45, 2.75) is 122 Å². The van der Waals surface area contributed by atoms with Gasteiger partial charge in [0.1, 0.15) is 6.10 Å². The minimum absolute atomic E-state index is 0.0434. The van der Waals surface area contributed by atoms with Gasteiger partial charge in [0.2, 0.25) is 0 Å². The van der Waals surface area contributed by atoms with Crippen molar-refractivity contribution in [3.63, 3.8) is 0 Å². The Balaban J connectivity index is 1.89. The third-order valence-corrected chi connectivity index (χ3v) is 4.65. The lowest BCUT2D eigenvalue weighted by atomic mass is 10.0. The topological polar surface area (TPSA) is 42.2 Å². The van der Waals surface area contributed by atoms with E-state index in [1.807, 2.05) is 13.8 Å². The smallest absolute Gasteiger partial charge is 0.173 e. The van der Waals surface area contributed by atoms with Gasteiger partial charge < -0.3 is 9.47 Å². The van der Waals surface area contributed by atoms with Crippen LogP contribution in [0.25, 0.3) is 0 Å². The lowest BCUT2D eigenvalue weighted by molar-refractivity contribution is -0.143. The number of hydrogen-bond donors (Lipinski definition) is 0. The van der Waals surface area contributed by atoms with Crippen LogP contribution in [0.4, 0.5) is 0 Å². The second-order valence-corrected chi connectivity index (χ2v) is 7.40. The first-order chi connectivity index (χ1) is 11.1. The summed E-state index contributed by atoms with van der Waals surface area (Å²) in [6.45, 7) is 6.05. The van der Waals surface area contributed by atoms with Gasteiger partial charge in [-0.05, 0) is 20.3 Å². The zero-order valence-electron chi connectivity index (χ0n) is 15.6. The van der Waals surface area contributed by atoms with Crippen LogP contribution < -0.4 is 0 Å². The van der Waals surface area contributed by atoms with E-state index in [4.69, 9.17) is 14.7 Å². The predicted molar refractivity (Wildman–Crippen MR) is 95.1 cm³/mol. The first kappa shape index (κ1) is 20.5. The van der Waals surface area contributed by atoms with Crippen LogP contribution in [0.2, 0.25) is 0 Å². The van der Waals surface area contributed by atoms with Gasteiger partial charge >= 0.3 is 0 Å². The van der Waals surface area contributed by atoms with Crippen molar-refractivity contribution in [1.29, 1.82) is 5.26 Å². The average Bonchev–Trinajstić information content (AvgIpc) is 2.82. The predicted octanol–water partition coefficient (Wildman–Crippen LogP) is 6.12. The number of nitriles is 1. The molecule has 1 rings (SSSR count). The fraction of sp³-hybridized carbons (Fsp3) is 0.950. The van der Waals surface area contributed by atoms with Crippen LogP contribution in [0.5, 0.6) is 0 Å². The molecule has 0 aliphatic carbocycles. The van der Waals surface area contributed by atoms with Crippen molar-refractivity contribution in [3.05, 3.63) is 0 Å². The largest absolute Gasteiger partial charge is 0.343 e. The van der Waals surface area contributed by atoms with Gasteiger partial charge in [0.25, 0.3) is 0 Å². The van der Waals surface area contributed by atoms with Crippen LogP contribution >= 0.6 is 0 Å². The number of unbranched alkanes of at least 4 members (excludes halogenated alkanes) is 11. The molecule has 23 heavy (non-hydrogen) atoms. The standard InChI is InChI=1S/C20H37NO2/c1-4-5-6-7-8-9-10-11-12-13-14-15-16-18-19(17-21)23-20(2,3)22-18/h18-19H,4-16H2,1-3H3/t18-,19+/m1/s1. The normalized spacial score (nSPS) is 23.0. The minimum atomic E-state index is -0.595. The van der Waals surface area contributed by atoms with Crippen LogP contribution in [-0.4, -0.2) is 18.0 Å². The highest BCUT2D eigenvalue weighted by atomic mass is 16.7. The van der Waals surface area contributed by atoms with Crippen molar-refractivity contribution in [1.82, 2.24) is 0 Å². The summed E-state index contributed by atoms with van der Waals surface area (Å²) in [4.78, 5) is 0. The Bertz CT molecular complexity index is 335. The maximum Gasteiger partial charge on any atom is 0.173 e. The van der Waals surface area contributed by atoms with Gasteiger partial charge in [0.05, 0.1) is 6.07 Å². The molecule has 0 saturated carbocycles. The van der Waals surface area contributed by atoms with E-state index in [-0.39, 0.29) is 6.10 Å². The Hall–Kier alpha value is -0.590. The highest BCUT2D eigenvalue weighted by molar-refractivity contribution is 4.96. The fourth-order valence-electron chi connectivity index (χ4n) is 3.34. The van der Waals surface area contributed by atoms with Crippen LogP contribution in [0, 0.1) is 11.3 Å². The molecule has 1 fully saturated rings. The van der Waals surface area contributed by atoms with Gasteiger partial charge in [-0.3, -0.25) is 0 Å². The average molecular weight is 324 g/mol. The van der Waals surface area contributed by atoms with Crippen molar-refractivity contribution in [3.8, 4) is 6.07 Å². The molecule has 1 aliphatic rings. The van der Waals surface area contributed by atoms with Crippen molar-refractivity contribution in [2.75, 3.05) is 0 Å². The molecule has 0 N–H and O–H groups in total. The third kappa shape index (κ3) is 9.33. The van der Waals surface area contributed by atoms with Gasteiger partial charge in [-0.1, -0.05) is 84.0 Å². The zero-order valence-corrected chi connectivity index (χ0v) is 15.6. The Morgan fingerprint density at radius 1 is 0.783 bits per heavy atom. The second kappa shape index (κ2) is 11.9. The number of hydrogen-bond acceptors (Lipinski definition) is 3. The van der Waals surface area contributed by atoms with Crippen LogP contribution in [-0.2, 0) is 9.47 Å². The Morgan fingerprint density at radius 2 is 1.26 bits per heavy atom. The summed E-state index contributed by atoms with van der Waals surface area (Å²) in [5, 5.41) is 9.10. The van der Waals surface area contributed by atoms with Crippen LogP contribution in [0.15, 0.2) is 0 Å². The quantitative estimate of drug-likeness (QED) is 0.383. The van der Waals surface area contributed by atoms with E-state index in [9.17, 15) is 0 Å². The molecule has 2 atom stereocenters. The van der Waals surface area contributed by atoms with E-state index < -0.39 is 11.9 Å². The van der Waals surface area contributed by atoms with E-state index in [0.717, 1.165) is 12.8 Å². The summed E-state index contributed by atoms with van der Waals surface area (Å²) in [5.74, 6) is -0.595. The lowest BCUT2D eigenvalue weighted by Crippen LogP contribution is -2.21. The van der Waals surface area contributed by atoms with Gasteiger partial charge in [-0.25, -0.2) is 0 Å². The van der Waals surface area contributed by atoms with Crippen molar-refractivity contribution in [2.24, 2.45) is 0 Å². The van der Waals surface area contributed by atoms with Gasteiger partial charge in [-0.15, -0.1) is 0 Å². The molecule has 0 unspecified atom stereocenters. The molecule has 0 bridgehead atoms. The molecule has 1 heterocycles. The number of rotatable bonds is 13. The second-order valence-electron chi connectivity index (χ2n) is 7.40. The maximum absolute atomic E-state index is 9.10. The SMILES string of the molecule is CCCCCCCCCCCCCC[C@H]1OC(C)(C)O[C@H]1C#N. The van der Waals surface area contributed by atoms with Crippen LogP contribution in [0.1, 0.15) is 104 Å². The Morgan fingerprint density at radius 3 is 1.74 bits per heavy atom. The monoisotopic (exact) mass is 323 g/mol. The third-order valence-electron chi connectivity index (χ3n) is 4.65. The Labute approximate surface area is 143 Å². The number of ether oxygens (including phenoxy) is 2. The highest BCUT2D eigenvalue weighted by Gasteiger charge is 2.40. The molecule has 0 aromatic rings. The van der Waals surface area contributed by atoms with Gasteiger partial charge in [0, 0.05) is 0 Å². The summed E-state index contributed by atoms with van der Waals surface area (Å²) in [5.41, 5.74) is 0. The summed E-state index contributed by atoms with van der Waals surface area (Å²) in [6, 6.07) is 2.22. The van der Waals surface area contributed by atoms with Crippen molar-refractivity contribution >= 4 is 0 Å². The molecular formula is C20H37NO2. The first-order valence-electron chi connectivity index (χ1n) is 9.84. The molecular weight excluding hydrogens is 286 g/mol. The molecule has 134 valence electrons. The molecule has 3 heteroatoms. The van der Waals surface area contributed by atoms with Gasteiger partial charge in [-0.2, -0.15) is 5.26 Å². The maximum atomic E-state index is 9.10. The van der Waals surface area contributed by atoms with E-state index in [1.54, 1.807) is 0 Å². The molecule has 0 aromatic heterocycles. The van der Waals surface area contributed by atoms with Crippen molar-refractivity contribution < 1.29 is 9.47 Å². The molecule has 0 aromatic carbocycles. The van der Waals surface area contributed by atoms with Gasteiger partial charge in [0.15, 0.2) is 11.9 Å².